The number of amides is 1. The summed E-state index contributed by atoms with van der Waals surface area (Å²) in [5, 5.41) is 9.42. The molecule has 0 aromatic heterocycles. The van der Waals surface area contributed by atoms with Crippen molar-refractivity contribution in [3.05, 3.63) is 86.3 Å². The van der Waals surface area contributed by atoms with Crippen molar-refractivity contribution in [3.8, 4) is 11.5 Å². The van der Waals surface area contributed by atoms with Crippen LogP contribution < -0.4 is 14.8 Å². The highest BCUT2D eigenvalue weighted by Gasteiger charge is 2.34. The number of para-hydroxylation sites is 1. The lowest BCUT2D eigenvalue weighted by molar-refractivity contribution is 0.0689. The highest BCUT2D eigenvalue weighted by molar-refractivity contribution is 9.10. The summed E-state index contributed by atoms with van der Waals surface area (Å²) >= 11 is 6.98. The Kier molecular flexibility index (Phi) is 6.29. The van der Waals surface area contributed by atoms with E-state index < -0.39 is 6.17 Å². The first-order valence-corrected chi connectivity index (χ1v) is 11.0. The van der Waals surface area contributed by atoms with Gasteiger partial charge in [-0.2, -0.15) is 5.10 Å². The first kappa shape index (κ1) is 21.4. The van der Waals surface area contributed by atoms with Gasteiger partial charge < -0.3 is 14.8 Å². The molecule has 8 heteroatoms. The smallest absolute Gasteiger partial charge is 0.278 e. The molecule has 1 N–H and O–H groups in total. The molecule has 0 fully saturated rings. The van der Waals surface area contributed by atoms with Gasteiger partial charge in [-0.25, -0.2) is 5.01 Å². The van der Waals surface area contributed by atoms with E-state index in [1.165, 1.54) is 5.01 Å². The molecule has 0 aliphatic carbocycles. The maximum Gasteiger partial charge on any atom is 0.278 e. The Hall–Kier alpha value is -2.84. The van der Waals surface area contributed by atoms with E-state index in [0.717, 1.165) is 25.8 Å². The third-order valence-corrected chi connectivity index (χ3v) is 5.89. The first-order valence-electron chi connectivity index (χ1n) is 9.42. The molecule has 1 heterocycles. The van der Waals surface area contributed by atoms with E-state index in [0.29, 0.717) is 17.1 Å². The van der Waals surface area contributed by atoms with E-state index in [4.69, 9.17) is 9.47 Å². The van der Waals surface area contributed by atoms with Crippen molar-refractivity contribution < 1.29 is 14.3 Å². The standard InChI is InChI=1S/C23H19Br2N3O3/c1-30-20-9-7-15(24)11-14(20)13-26-28-22(18-12-16(25)8-10-21(18)31-2)27-19-6-4-3-5-17(19)23(28)29/h3-13,22,27H,1-2H3. The minimum Gasteiger partial charge on any atom is -0.496 e. The molecule has 4 rings (SSSR count). The molecule has 0 bridgehead atoms. The lowest BCUT2D eigenvalue weighted by Crippen LogP contribution is -2.39. The quantitative estimate of drug-likeness (QED) is 0.410. The predicted molar refractivity (Wildman–Crippen MR) is 128 cm³/mol. The number of hydrogen-bond donors (Lipinski definition) is 1. The average Bonchev–Trinajstić information content (AvgIpc) is 2.78. The van der Waals surface area contributed by atoms with Gasteiger partial charge in [0, 0.05) is 25.8 Å². The van der Waals surface area contributed by atoms with Crippen molar-refractivity contribution in [2.24, 2.45) is 5.10 Å². The lowest BCUT2D eigenvalue weighted by Gasteiger charge is -2.35. The van der Waals surface area contributed by atoms with Crippen molar-refractivity contribution in [1.82, 2.24) is 5.01 Å². The molecule has 158 valence electrons. The number of carbonyl (C=O) groups excluding carboxylic acids is 1. The summed E-state index contributed by atoms with van der Waals surface area (Å²) in [6.07, 6.45) is 1.05. The van der Waals surface area contributed by atoms with Gasteiger partial charge in [-0.1, -0.05) is 44.0 Å². The summed E-state index contributed by atoms with van der Waals surface area (Å²) in [6, 6.07) is 18.6. The molecule has 0 spiro atoms. The molecule has 0 radical (unpaired) electrons. The van der Waals surface area contributed by atoms with Crippen LogP contribution in [0, 0.1) is 0 Å². The zero-order valence-corrected chi connectivity index (χ0v) is 20.0. The van der Waals surface area contributed by atoms with Crippen LogP contribution in [0.4, 0.5) is 5.69 Å². The maximum absolute atomic E-state index is 13.4. The number of methoxy groups -OCH3 is 2. The van der Waals surface area contributed by atoms with Crippen molar-refractivity contribution in [3.63, 3.8) is 0 Å². The Morgan fingerprint density at radius 2 is 1.65 bits per heavy atom. The summed E-state index contributed by atoms with van der Waals surface area (Å²) in [6.45, 7) is 0. The third-order valence-electron chi connectivity index (χ3n) is 4.90. The second-order valence-electron chi connectivity index (χ2n) is 6.76. The molecule has 1 aliphatic rings. The average molecular weight is 545 g/mol. The van der Waals surface area contributed by atoms with Gasteiger partial charge >= 0.3 is 0 Å². The zero-order chi connectivity index (χ0) is 22.0. The van der Waals surface area contributed by atoms with Crippen LogP contribution in [0.3, 0.4) is 0 Å². The monoisotopic (exact) mass is 543 g/mol. The summed E-state index contributed by atoms with van der Waals surface area (Å²) in [7, 11) is 3.20. The Labute approximate surface area is 197 Å². The topological polar surface area (TPSA) is 63.2 Å². The van der Waals surface area contributed by atoms with Gasteiger partial charge in [-0.15, -0.1) is 0 Å². The normalized spacial score (nSPS) is 15.5. The van der Waals surface area contributed by atoms with Gasteiger partial charge in [-0.05, 0) is 48.5 Å². The van der Waals surface area contributed by atoms with Crippen LogP contribution in [-0.2, 0) is 0 Å². The zero-order valence-electron chi connectivity index (χ0n) is 16.8. The minimum absolute atomic E-state index is 0.216. The molecule has 1 atom stereocenters. The SMILES string of the molecule is COc1ccc(Br)cc1C=NN1C(=O)c2ccccc2NC1c1cc(Br)ccc1OC. The molecule has 1 unspecified atom stereocenters. The van der Waals surface area contributed by atoms with Crippen LogP contribution in [-0.4, -0.2) is 31.4 Å². The third kappa shape index (κ3) is 4.31. The molecule has 1 aliphatic heterocycles. The number of hydrogen-bond acceptors (Lipinski definition) is 5. The number of ether oxygens (including phenoxy) is 2. The number of fused-ring (bicyclic) bond motifs is 1. The van der Waals surface area contributed by atoms with Gasteiger partial charge in [0.25, 0.3) is 5.91 Å². The van der Waals surface area contributed by atoms with Gasteiger partial charge in [0.2, 0.25) is 0 Å². The van der Waals surface area contributed by atoms with Crippen LogP contribution in [0.25, 0.3) is 0 Å². The van der Waals surface area contributed by atoms with Gasteiger partial charge in [-0.3, -0.25) is 4.79 Å². The number of rotatable bonds is 5. The van der Waals surface area contributed by atoms with Crippen LogP contribution in [0.5, 0.6) is 11.5 Å². The number of nitrogens with zero attached hydrogens (tertiary/aromatic N) is 2. The van der Waals surface area contributed by atoms with E-state index >= 15 is 0 Å². The Morgan fingerprint density at radius 3 is 2.39 bits per heavy atom. The number of benzene rings is 3. The molecular formula is C23H19Br2N3O3. The van der Waals surface area contributed by atoms with Crippen molar-refractivity contribution in [1.29, 1.82) is 0 Å². The van der Waals surface area contributed by atoms with Gasteiger partial charge in [0.1, 0.15) is 11.5 Å². The predicted octanol–water partition coefficient (Wildman–Crippen LogP) is 5.83. The second kappa shape index (κ2) is 9.11. The molecule has 1 amide bonds. The van der Waals surface area contributed by atoms with Crippen LogP contribution in [0.1, 0.15) is 27.7 Å². The number of halogens is 2. The molecular weight excluding hydrogens is 526 g/mol. The first-order chi connectivity index (χ1) is 15.0. The summed E-state index contributed by atoms with van der Waals surface area (Å²) in [5.41, 5.74) is 2.80. The summed E-state index contributed by atoms with van der Waals surface area (Å²) in [5.74, 6) is 1.08. The fourth-order valence-corrected chi connectivity index (χ4v) is 4.18. The van der Waals surface area contributed by atoms with E-state index in [9.17, 15) is 4.79 Å². The Balaban J connectivity index is 1.82. The number of anilines is 1. The maximum atomic E-state index is 13.4. The van der Waals surface area contributed by atoms with E-state index in [1.54, 1.807) is 26.5 Å². The molecule has 31 heavy (non-hydrogen) atoms. The van der Waals surface area contributed by atoms with E-state index in [2.05, 4.69) is 42.3 Å². The van der Waals surface area contributed by atoms with E-state index in [1.807, 2.05) is 54.6 Å². The Bertz CT molecular complexity index is 1170. The molecule has 3 aromatic carbocycles. The largest absolute Gasteiger partial charge is 0.496 e. The number of hydrazone groups is 1. The molecule has 0 saturated carbocycles. The molecule has 3 aromatic rings. The van der Waals surface area contributed by atoms with Gasteiger partial charge in [0.05, 0.1) is 26.0 Å². The highest BCUT2D eigenvalue weighted by atomic mass is 79.9. The summed E-state index contributed by atoms with van der Waals surface area (Å²) in [4.78, 5) is 13.4. The highest BCUT2D eigenvalue weighted by Crippen LogP contribution is 2.38. The van der Waals surface area contributed by atoms with Crippen LogP contribution >= 0.6 is 31.9 Å². The minimum atomic E-state index is -0.566. The van der Waals surface area contributed by atoms with Crippen LogP contribution in [0.15, 0.2) is 74.7 Å². The fraction of sp³-hybridized carbons (Fsp3) is 0.130. The fourth-order valence-electron chi connectivity index (χ4n) is 3.42. The van der Waals surface area contributed by atoms with E-state index in [-0.39, 0.29) is 5.91 Å². The number of carbonyl (C=O) groups is 1. The second-order valence-corrected chi connectivity index (χ2v) is 8.59. The molecule has 0 saturated heterocycles. The Morgan fingerprint density at radius 1 is 0.968 bits per heavy atom. The number of nitrogens with one attached hydrogen (secondary N) is 1. The summed E-state index contributed by atoms with van der Waals surface area (Å²) < 4.78 is 12.7. The van der Waals surface area contributed by atoms with Gasteiger partial charge in [0.15, 0.2) is 6.17 Å². The van der Waals surface area contributed by atoms with Crippen LogP contribution in [0.2, 0.25) is 0 Å². The van der Waals surface area contributed by atoms with Crippen molar-refractivity contribution >= 4 is 49.7 Å². The lowest BCUT2D eigenvalue weighted by atomic mass is 10.0. The van der Waals surface area contributed by atoms with Crippen molar-refractivity contribution in [2.45, 2.75) is 6.17 Å². The van der Waals surface area contributed by atoms with Crippen molar-refractivity contribution in [2.75, 3.05) is 19.5 Å². The molecule has 6 nitrogen and oxygen atoms in total.